The summed E-state index contributed by atoms with van der Waals surface area (Å²) in [5, 5.41) is 0. The van der Waals surface area contributed by atoms with Crippen molar-refractivity contribution < 1.29 is 9.47 Å². The van der Waals surface area contributed by atoms with Crippen LogP contribution >= 0.6 is 24.8 Å². The molecule has 2 rings (SSSR count). The Labute approximate surface area is 140 Å². The van der Waals surface area contributed by atoms with Crippen LogP contribution in [0.4, 0.5) is 5.69 Å². The maximum absolute atomic E-state index is 5.43. The summed E-state index contributed by atoms with van der Waals surface area (Å²) in [4.78, 5) is 4.91. The highest BCUT2D eigenvalue weighted by atomic mass is 35.5. The van der Waals surface area contributed by atoms with Crippen LogP contribution in [0.1, 0.15) is 6.42 Å². The number of halogens is 2. The molecule has 0 atom stereocenters. The van der Waals surface area contributed by atoms with Crippen LogP contribution in [-0.2, 0) is 4.74 Å². The van der Waals surface area contributed by atoms with E-state index in [4.69, 9.17) is 9.47 Å². The number of hydrogen-bond acceptors (Lipinski definition) is 4. The fourth-order valence-electron chi connectivity index (χ4n) is 2.54. The Bertz CT molecular complexity index is 386. The number of hydrogen-bond donors (Lipinski definition) is 0. The first kappa shape index (κ1) is 20.3. The molecule has 1 fully saturated rings. The summed E-state index contributed by atoms with van der Waals surface area (Å²) in [6, 6.07) is 8.26. The van der Waals surface area contributed by atoms with Gasteiger partial charge in [0.2, 0.25) is 0 Å². The smallest absolute Gasteiger partial charge is 0.142 e. The van der Waals surface area contributed by atoms with Gasteiger partial charge < -0.3 is 14.4 Å². The van der Waals surface area contributed by atoms with Gasteiger partial charge in [-0.2, -0.15) is 0 Å². The van der Waals surface area contributed by atoms with Gasteiger partial charge in [-0.3, -0.25) is 4.90 Å². The molecule has 0 amide bonds. The molecule has 1 saturated heterocycles. The summed E-state index contributed by atoms with van der Waals surface area (Å²) in [5.74, 6) is 0.968. The first-order valence-corrected chi connectivity index (χ1v) is 6.94. The van der Waals surface area contributed by atoms with E-state index in [9.17, 15) is 0 Å². The van der Waals surface area contributed by atoms with Crippen LogP contribution in [0.3, 0.4) is 0 Å². The molecule has 0 spiro atoms. The predicted molar refractivity (Wildman–Crippen MR) is 92.6 cm³/mol. The maximum atomic E-state index is 5.43. The molecule has 1 aromatic carbocycles. The quantitative estimate of drug-likeness (QED) is 0.745. The monoisotopic (exact) mass is 336 g/mol. The van der Waals surface area contributed by atoms with Crippen LogP contribution in [-0.4, -0.2) is 58.5 Å². The van der Waals surface area contributed by atoms with E-state index in [1.54, 1.807) is 14.2 Å². The van der Waals surface area contributed by atoms with E-state index in [-0.39, 0.29) is 24.8 Å². The van der Waals surface area contributed by atoms with Gasteiger partial charge >= 0.3 is 0 Å². The zero-order valence-corrected chi connectivity index (χ0v) is 14.4. The van der Waals surface area contributed by atoms with Gasteiger partial charge in [0.25, 0.3) is 0 Å². The van der Waals surface area contributed by atoms with Crippen molar-refractivity contribution in [1.29, 1.82) is 0 Å². The standard InChI is InChI=1S/C15H24N2O2.2ClH/c1-18-13-5-8-16-9-11-17(12-10-16)14-6-3-4-7-15(14)19-2;;/h3-4,6-7H,5,8-13H2,1-2H3;2*1H. The van der Waals surface area contributed by atoms with Crippen molar-refractivity contribution >= 4 is 30.5 Å². The van der Waals surface area contributed by atoms with Crippen LogP contribution in [0.2, 0.25) is 0 Å². The molecule has 0 aromatic heterocycles. The van der Waals surface area contributed by atoms with Crippen molar-refractivity contribution in [2.45, 2.75) is 6.42 Å². The van der Waals surface area contributed by atoms with Crippen molar-refractivity contribution in [2.75, 3.05) is 58.5 Å². The van der Waals surface area contributed by atoms with Gasteiger partial charge in [-0.1, -0.05) is 12.1 Å². The average molecular weight is 337 g/mol. The molecule has 122 valence electrons. The summed E-state index contributed by atoms with van der Waals surface area (Å²) in [7, 11) is 3.50. The minimum Gasteiger partial charge on any atom is -0.495 e. The Balaban J connectivity index is 0.00000200. The molecule has 0 radical (unpaired) electrons. The highest BCUT2D eigenvalue weighted by Gasteiger charge is 2.18. The Kier molecular flexibility index (Phi) is 10.6. The molecular formula is C15H26Cl2N2O2. The molecular weight excluding hydrogens is 311 g/mol. The number of anilines is 1. The molecule has 1 aromatic rings. The third-order valence-corrected chi connectivity index (χ3v) is 3.62. The number of ether oxygens (including phenoxy) is 2. The molecule has 0 bridgehead atoms. The molecule has 0 saturated carbocycles. The first-order valence-electron chi connectivity index (χ1n) is 6.94. The van der Waals surface area contributed by atoms with Crippen molar-refractivity contribution in [2.24, 2.45) is 0 Å². The van der Waals surface area contributed by atoms with Gasteiger partial charge in [-0.15, -0.1) is 24.8 Å². The second-order valence-electron chi connectivity index (χ2n) is 4.85. The van der Waals surface area contributed by atoms with Crippen LogP contribution < -0.4 is 9.64 Å². The topological polar surface area (TPSA) is 24.9 Å². The lowest BCUT2D eigenvalue weighted by atomic mass is 10.2. The lowest BCUT2D eigenvalue weighted by Gasteiger charge is -2.36. The summed E-state index contributed by atoms with van der Waals surface area (Å²) < 4.78 is 10.5. The number of nitrogens with zero attached hydrogens (tertiary/aromatic N) is 2. The molecule has 0 aliphatic carbocycles. The van der Waals surface area contributed by atoms with Crippen molar-refractivity contribution in [3.8, 4) is 5.75 Å². The SMILES string of the molecule is COCCCN1CCN(c2ccccc2OC)CC1.Cl.Cl. The van der Waals surface area contributed by atoms with Crippen LogP contribution in [0.5, 0.6) is 5.75 Å². The highest BCUT2D eigenvalue weighted by molar-refractivity contribution is 5.85. The minimum absolute atomic E-state index is 0. The molecule has 1 heterocycles. The van der Waals surface area contributed by atoms with Crippen molar-refractivity contribution in [3.05, 3.63) is 24.3 Å². The van der Waals surface area contributed by atoms with Gasteiger partial charge in [0.05, 0.1) is 12.8 Å². The van der Waals surface area contributed by atoms with Gasteiger partial charge in [-0.05, 0) is 18.6 Å². The molecule has 4 nitrogen and oxygen atoms in total. The van der Waals surface area contributed by atoms with Gasteiger partial charge in [0.1, 0.15) is 5.75 Å². The van der Waals surface area contributed by atoms with Crippen molar-refractivity contribution in [3.63, 3.8) is 0 Å². The van der Waals surface area contributed by atoms with Gasteiger partial charge in [0.15, 0.2) is 0 Å². The maximum Gasteiger partial charge on any atom is 0.142 e. The van der Waals surface area contributed by atoms with Crippen LogP contribution in [0.15, 0.2) is 24.3 Å². The Hall–Kier alpha value is -0.680. The van der Waals surface area contributed by atoms with E-state index in [0.717, 1.165) is 51.5 Å². The average Bonchev–Trinajstić information content (AvgIpc) is 2.48. The number of methoxy groups -OCH3 is 2. The number of piperazine rings is 1. The summed E-state index contributed by atoms with van der Waals surface area (Å²) in [6.45, 7) is 6.34. The highest BCUT2D eigenvalue weighted by Crippen LogP contribution is 2.28. The second kappa shape index (κ2) is 11.0. The van der Waals surface area contributed by atoms with E-state index >= 15 is 0 Å². The zero-order valence-electron chi connectivity index (χ0n) is 12.8. The Morgan fingerprint density at radius 1 is 1.00 bits per heavy atom. The first-order chi connectivity index (χ1) is 9.35. The van der Waals surface area contributed by atoms with E-state index in [0.29, 0.717) is 0 Å². The van der Waals surface area contributed by atoms with Crippen LogP contribution in [0, 0.1) is 0 Å². The lowest BCUT2D eigenvalue weighted by molar-refractivity contribution is 0.169. The lowest BCUT2D eigenvalue weighted by Crippen LogP contribution is -2.46. The van der Waals surface area contributed by atoms with Crippen molar-refractivity contribution in [1.82, 2.24) is 4.90 Å². The molecule has 1 aliphatic heterocycles. The minimum atomic E-state index is 0. The van der Waals surface area contributed by atoms with E-state index in [1.165, 1.54) is 5.69 Å². The molecule has 0 N–H and O–H groups in total. The van der Waals surface area contributed by atoms with E-state index < -0.39 is 0 Å². The Morgan fingerprint density at radius 3 is 2.29 bits per heavy atom. The molecule has 6 heteroatoms. The third kappa shape index (κ3) is 5.91. The number of rotatable bonds is 6. The predicted octanol–water partition coefficient (Wildman–Crippen LogP) is 2.70. The van der Waals surface area contributed by atoms with E-state index in [2.05, 4.69) is 21.9 Å². The second-order valence-corrected chi connectivity index (χ2v) is 4.85. The zero-order chi connectivity index (χ0) is 13.5. The number of benzene rings is 1. The number of para-hydroxylation sites is 2. The molecule has 0 unspecified atom stereocenters. The molecule has 1 aliphatic rings. The Morgan fingerprint density at radius 2 is 1.67 bits per heavy atom. The van der Waals surface area contributed by atoms with Crippen LogP contribution in [0.25, 0.3) is 0 Å². The molecule has 21 heavy (non-hydrogen) atoms. The van der Waals surface area contributed by atoms with E-state index in [1.807, 2.05) is 12.1 Å². The van der Waals surface area contributed by atoms with Gasteiger partial charge in [-0.25, -0.2) is 0 Å². The summed E-state index contributed by atoms with van der Waals surface area (Å²) >= 11 is 0. The fourth-order valence-corrected chi connectivity index (χ4v) is 2.54. The largest absolute Gasteiger partial charge is 0.495 e. The fraction of sp³-hybridized carbons (Fsp3) is 0.600. The third-order valence-electron chi connectivity index (χ3n) is 3.62. The summed E-state index contributed by atoms with van der Waals surface area (Å²) in [5.41, 5.74) is 1.21. The summed E-state index contributed by atoms with van der Waals surface area (Å²) in [6.07, 6.45) is 1.12. The normalized spacial score (nSPS) is 15.0. The van der Waals surface area contributed by atoms with Gasteiger partial charge in [0, 0.05) is 46.4 Å².